The van der Waals surface area contributed by atoms with Crippen LogP contribution in [0.3, 0.4) is 0 Å². The van der Waals surface area contributed by atoms with Crippen LogP contribution in [0, 0.1) is 0 Å². The van der Waals surface area contributed by atoms with E-state index in [1.54, 1.807) is 20.4 Å². The second kappa shape index (κ2) is 8.64. The third-order valence-corrected chi connectivity index (χ3v) is 3.51. The maximum atomic E-state index is 6.25. The van der Waals surface area contributed by atoms with E-state index in [2.05, 4.69) is 10.4 Å². The number of nitrogens with zero attached hydrogens (tertiary/aromatic N) is 2. The fourth-order valence-corrected chi connectivity index (χ4v) is 2.46. The molecule has 1 aromatic carbocycles. The lowest BCUT2D eigenvalue weighted by atomic mass is 10.2. The number of hydrogen-bond donors (Lipinski definition) is 1. The predicted molar refractivity (Wildman–Crippen MR) is 90.6 cm³/mol. The van der Waals surface area contributed by atoms with Crippen LogP contribution in [-0.2, 0) is 17.8 Å². The van der Waals surface area contributed by atoms with Gasteiger partial charge in [-0.25, -0.2) is 0 Å². The van der Waals surface area contributed by atoms with Gasteiger partial charge in [0.1, 0.15) is 0 Å². The lowest BCUT2D eigenvalue weighted by Gasteiger charge is -2.13. The normalized spacial score (nSPS) is 10.6. The lowest BCUT2D eigenvalue weighted by molar-refractivity contribution is 0.183. The van der Waals surface area contributed by atoms with E-state index in [-0.39, 0.29) is 0 Å². The Morgan fingerprint density at radius 3 is 2.83 bits per heavy atom. The number of halogens is 1. The Kier molecular flexibility index (Phi) is 6.55. The van der Waals surface area contributed by atoms with Gasteiger partial charge in [-0.15, -0.1) is 0 Å². The van der Waals surface area contributed by atoms with Gasteiger partial charge in [-0.1, -0.05) is 11.6 Å². The molecule has 0 saturated carbocycles. The molecule has 0 unspecified atom stereocenters. The quantitative estimate of drug-likeness (QED) is 0.760. The van der Waals surface area contributed by atoms with Gasteiger partial charge in [0.05, 0.1) is 43.8 Å². The maximum absolute atomic E-state index is 6.25. The Morgan fingerprint density at radius 2 is 2.13 bits per heavy atom. The van der Waals surface area contributed by atoms with Crippen molar-refractivity contribution in [3.8, 4) is 11.5 Å². The van der Waals surface area contributed by atoms with E-state index in [9.17, 15) is 0 Å². The summed E-state index contributed by atoms with van der Waals surface area (Å²) in [5.41, 5.74) is 1.94. The molecule has 1 aromatic heterocycles. The molecule has 23 heavy (non-hydrogen) atoms. The molecular weight excluding hydrogens is 318 g/mol. The molecule has 126 valence electrons. The van der Waals surface area contributed by atoms with Crippen molar-refractivity contribution in [2.24, 2.45) is 0 Å². The van der Waals surface area contributed by atoms with Crippen LogP contribution < -0.4 is 14.8 Å². The lowest BCUT2D eigenvalue weighted by Crippen LogP contribution is -2.04. The minimum Gasteiger partial charge on any atom is -0.491 e. The molecular formula is C16H22ClN3O3. The molecule has 0 aliphatic carbocycles. The zero-order valence-electron chi connectivity index (χ0n) is 13.6. The molecule has 0 saturated heterocycles. The van der Waals surface area contributed by atoms with Crippen molar-refractivity contribution in [3.63, 3.8) is 0 Å². The van der Waals surface area contributed by atoms with Gasteiger partial charge >= 0.3 is 0 Å². The number of hydrogen-bond acceptors (Lipinski definition) is 5. The summed E-state index contributed by atoms with van der Waals surface area (Å²) < 4.78 is 17.7. The minimum atomic E-state index is 0.533. The monoisotopic (exact) mass is 339 g/mol. The van der Waals surface area contributed by atoms with Gasteiger partial charge in [0.15, 0.2) is 11.5 Å². The number of methoxy groups -OCH3 is 2. The number of ether oxygens (including phenoxy) is 3. The summed E-state index contributed by atoms with van der Waals surface area (Å²) in [7, 11) is 3.25. The van der Waals surface area contributed by atoms with E-state index in [0.29, 0.717) is 36.3 Å². The molecule has 0 spiro atoms. The molecule has 6 nitrogen and oxygen atoms in total. The zero-order chi connectivity index (χ0) is 16.7. The van der Waals surface area contributed by atoms with Gasteiger partial charge in [0, 0.05) is 19.9 Å². The molecule has 0 amide bonds. The first-order valence-electron chi connectivity index (χ1n) is 7.42. The van der Waals surface area contributed by atoms with Crippen LogP contribution in [0.5, 0.6) is 11.5 Å². The van der Waals surface area contributed by atoms with Crippen LogP contribution in [0.1, 0.15) is 12.5 Å². The first-order chi connectivity index (χ1) is 11.2. The summed E-state index contributed by atoms with van der Waals surface area (Å²) in [5, 5.41) is 8.11. The number of aromatic nitrogens is 2. The highest BCUT2D eigenvalue weighted by molar-refractivity contribution is 6.32. The Bertz CT molecular complexity index is 631. The fourth-order valence-electron chi connectivity index (χ4n) is 2.15. The molecule has 1 N–H and O–H groups in total. The second-order valence-electron chi connectivity index (χ2n) is 4.88. The van der Waals surface area contributed by atoms with E-state index < -0.39 is 0 Å². The van der Waals surface area contributed by atoms with Gasteiger partial charge in [-0.05, 0) is 24.6 Å². The van der Waals surface area contributed by atoms with E-state index in [0.717, 1.165) is 17.8 Å². The van der Waals surface area contributed by atoms with Crippen LogP contribution in [0.25, 0.3) is 0 Å². The minimum absolute atomic E-state index is 0.533. The van der Waals surface area contributed by atoms with Gasteiger partial charge in [-0.3, -0.25) is 4.68 Å². The number of rotatable bonds is 9. The highest BCUT2D eigenvalue weighted by Crippen LogP contribution is 2.36. The van der Waals surface area contributed by atoms with Crippen LogP contribution >= 0.6 is 11.6 Å². The smallest absolute Gasteiger partial charge is 0.179 e. The maximum Gasteiger partial charge on any atom is 0.179 e. The molecule has 0 bridgehead atoms. The largest absolute Gasteiger partial charge is 0.491 e. The van der Waals surface area contributed by atoms with Gasteiger partial charge in [-0.2, -0.15) is 5.10 Å². The van der Waals surface area contributed by atoms with E-state index in [4.69, 9.17) is 25.8 Å². The van der Waals surface area contributed by atoms with Crippen LogP contribution in [0.15, 0.2) is 24.5 Å². The van der Waals surface area contributed by atoms with Gasteiger partial charge in [0.2, 0.25) is 0 Å². The highest BCUT2D eigenvalue weighted by Gasteiger charge is 2.11. The molecule has 0 fully saturated rings. The summed E-state index contributed by atoms with van der Waals surface area (Å²) in [6.07, 6.45) is 3.72. The predicted octanol–water partition coefficient (Wildman–Crippen LogP) is 3.20. The first-order valence-corrected chi connectivity index (χ1v) is 7.80. The summed E-state index contributed by atoms with van der Waals surface area (Å²) in [5.74, 6) is 1.21. The van der Waals surface area contributed by atoms with Crippen LogP contribution in [0.4, 0.5) is 5.69 Å². The molecule has 1 heterocycles. The van der Waals surface area contributed by atoms with Crippen molar-refractivity contribution in [1.82, 2.24) is 9.78 Å². The van der Waals surface area contributed by atoms with E-state index >= 15 is 0 Å². The number of nitrogens with one attached hydrogen (secondary N) is 1. The zero-order valence-corrected chi connectivity index (χ0v) is 14.4. The van der Waals surface area contributed by atoms with Crippen LogP contribution in [0.2, 0.25) is 5.02 Å². The number of benzene rings is 1. The first kappa shape index (κ1) is 17.4. The Morgan fingerprint density at radius 1 is 1.30 bits per heavy atom. The Balaban J connectivity index is 2.03. The van der Waals surface area contributed by atoms with Crippen LogP contribution in [-0.4, -0.2) is 37.2 Å². The fraction of sp³-hybridized carbons (Fsp3) is 0.438. The van der Waals surface area contributed by atoms with Gasteiger partial charge < -0.3 is 19.5 Å². The van der Waals surface area contributed by atoms with Crippen molar-refractivity contribution in [1.29, 1.82) is 0 Å². The summed E-state index contributed by atoms with van der Waals surface area (Å²) in [6.45, 7) is 4.44. The molecule has 0 aliphatic heterocycles. The molecule has 2 aromatic rings. The summed E-state index contributed by atoms with van der Waals surface area (Å²) in [6, 6.07) is 3.79. The molecule has 7 heteroatoms. The summed E-state index contributed by atoms with van der Waals surface area (Å²) >= 11 is 6.25. The van der Waals surface area contributed by atoms with Crippen molar-refractivity contribution in [3.05, 3.63) is 35.1 Å². The third kappa shape index (κ3) is 4.77. The van der Waals surface area contributed by atoms with Crippen molar-refractivity contribution < 1.29 is 14.2 Å². The highest BCUT2D eigenvalue weighted by atomic mass is 35.5. The van der Waals surface area contributed by atoms with Crippen molar-refractivity contribution >= 4 is 17.3 Å². The molecule has 0 radical (unpaired) electrons. The third-order valence-electron chi connectivity index (χ3n) is 3.23. The average Bonchev–Trinajstić information content (AvgIpc) is 2.99. The SMILES string of the molecule is CCOc1cc(CNc2cnn(CCOC)c2)cc(Cl)c1OC. The number of anilines is 1. The van der Waals surface area contributed by atoms with Gasteiger partial charge in [0.25, 0.3) is 0 Å². The standard InChI is InChI=1S/C16H22ClN3O3/c1-4-23-15-8-12(7-14(17)16(15)22-3)9-18-13-10-19-20(11-13)5-6-21-2/h7-8,10-11,18H,4-6,9H2,1-3H3. The van der Waals surface area contributed by atoms with Crippen molar-refractivity contribution in [2.45, 2.75) is 20.0 Å². The molecule has 2 rings (SSSR count). The molecule has 0 aliphatic rings. The average molecular weight is 340 g/mol. The second-order valence-corrected chi connectivity index (χ2v) is 5.29. The topological polar surface area (TPSA) is 57.5 Å². The Hall–Kier alpha value is -1.92. The van der Waals surface area contributed by atoms with Crippen molar-refractivity contribution in [2.75, 3.05) is 32.8 Å². The Labute approximate surface area is 141 Å². The molecule has 0 atom stereocenters. The summed E-state index contributed by atoms with van der Waals surface area (Å²) in [4.78, 5) is 0. The van der Waals surface area contributed by atoms with E-state index in [1.165, 1.54) is 0 Å². The van der Waals surface area contributed by atoms with E-state index in [1.807, 2.05) is 29.9 Å².